The summed E-state index contributed by atoms with van der Waals surface area (Å²) < 4.78 is 5.20. The van der Waals surface area contributed by atoms with Gasteiger partial charge in [0.1, 0.15) is 5.71 Å². The van der Waals surface area contributed by atoms with Crippen LogP contribution in [-0.4, -0.2) is 30.0 Å². The van der Waals surface area contributed by atoms with E-state index < -0.39 is 5.97 Å². The van der Waals surface area contributed by atoms with E-state index in [0.29, 0.717) is 11.3 Å². The zero-order chi connectivity index (χ0) is 20.3. The summed E-state index contributed by atoms with van der Waals surface area (Å²) in [5.41, 5.74) is 4.08. The zero-order valence-electron chi connectivity index (χ0n) is 16.2. The van der Waals surface area contributed by atoms with Crippen molar-refractivity contribution in [3.63, 3.8) is 0 Å². The molecule has 2 aromatic rings. The summed E-state index contributed by atoms with van der Waals surface area (Å²) in [5.74, 6) is -1.12. The number of rotatable bonds is 5. The molecule has 28 heavy (non-hydrogen) atoms. The molecule has 0 radical (unpaired) electrons. The molecule has 1 aliphatic rings. The van der Waals surface area contributed by atoms with Gasteiger partial charge in [-0.2, -0.15) is 5.10 Å². The second-order valence-corrected chi connectivity index (χ2v) is 6.86. The topological polar surface area (TPSA) is 76.0 Å². The Kier molecular flexibility index (Phi) is 5.68. The van der Waals surface area contributed by atoms with Gasteiger partial charge in [-0.1, -0.05) is 35.9 Å². The van der Waals surface area contributed by atoms with E-state index >= 15 is 0 Å². The average molecular weight is 378 g/mol. The fourth-order valence-electron chi connectivity index (χ4n) is 3.38. The van der Waals surface area contributed by atoms with Gasteiger partial charge in [0.05, 0.1) is 5.69 Å². The maximum absolute atomic E-state index is 12.5. The van der Waals surface area contributed by atoms with Gasteiger partial charge in [-0.25, -0.2) is 9.80 Å². The Morgan fingerprint density at radius 2 is 1.68 bits per heavy atom. The van der Waals surface area contributed by atoms with E-state index in [9.17, 15) is 14.4 Å². The normalized spacial score (nSPS) is 13.9. The molecule has 0 N–H and O–H groups in total. The van der Waals surface area contributed by atoms with E-state index in [2.05, 4.69) is 5.10 Å². The molecule has 0 bridgehead atoms. The molecule has 2 aromatic carbocycles. The van der Waals surface area contributed by atoms with Crippen molar-refractivity contribution in [1.29, 1.82) is 0 Å². The van der Waals surface area contributed by atoms with Crippen molar-refractivity contribution in [3.8, 4) is 0 Å². The highest BCUT2D eigenvalue weighted by Crippen LogP contribution is 2.20. The van der Waals surface area contributed by atoms with Gasteiger partial charge in [-0.3, -0.25) is 9.59 Å². The van der Waals surface area contributed by atoms with Crippen molar-refractivity contribution < 1.29 is 19.1 Å². The minimum Gasteiger partial charge on any atom is -0.453 e. The number of esters is 1. The summed E-state index contributed by atoms with van der Waals surface area (Å²) >= 11 is 0. The van der Waals surface area contributed by atoms with Gasteiger partial charge in [0.2, 0.25) is 11.7 Å². The van der Waals surface area contributed by atoms with Crippen LogP contribution in [0, 0.1) is 20.8 Å². The Labute approximate surface area is 163 Å². The monoisotopic (exact) mass is 378 g/mol. The number of ether oxygens (including phenoxy) is 1. The minimum absolute atomic E-state index is 0.133. The lowest BCUT2D eigenvalue weighted by Gasteiger charge is -2.22. The number of nitrogens with zero attached hydrogens (tertiary/aromatic N) is 2. The summed E-state index contributed by atoms with van der Waals surface area (Å²) in [4.78, 5) is 37.1. The average Bonchev–Trinajstić information content (AvgIpc) is 2.66. The van der Waals surface area contributed by atoms with Crippen LogP contribution in [0.1, 0.15) is 39.9 Å². The summed E-state index contributed by atoms with van der Waals surface area (Å²) in [6.07, 6.45) is 0.352. The van der Waals surface area contributed by atoms with Gasteiger partial charge in [-0.15, -0.1) is 0 Å². The minimum atomic E-state index is -0.677. The van der Waals surface area contributed by atoms with Gasteiger partial charge in [0.25, 0.3) is 0 Å². The maximum Gasteiger partial charge on any atom is 0.354 e. The molecule has 1 heterocycles. The van der Waals surface area contributed by atoms with Crippen molar-refractivity contribution in [2.24, 2.45) is 5.10 Å². The lowest BCUT2D eigenvalue weighted by molar-refractivity contribution is -0.134. The van der Waals surface area contributed by atoms with Gasteiger partial charge in [0, 0.05) is 18.4 Å². The molecule has 6 nitrogen and oxygen atoms in total. The first-order valence-corrected chi connectivity index (χ1v) is 9.10. The van der Waals surface area contributed by atoms with Crippen molar-refractivity contribution in [3.05, 3.63) is 64.7 Å². The van der Waals surface area contributed by atoms with E-state index in [1.165, 1.54) is 5.01 Å². The molecule has 3 rings (SSSR count). The van der Waals surface area contributed by atoms with Crippen LogP contribution in [-0.2, 0) is 14.3 Å². The summed E-state index contributed by atoms with van der Waals surface area (Å²) in [5, 5.41) is 5.35. The van der Waals surface area contributed by atoms with Crippen molar-refractivity contribution in [1.82, 2.24) is 0 Å². The number of para-hydroxylation sites is 1. The van der Waals surface area contributed by atoms with Crippen molar-refractivity contribution in [2.75, 3.05) is 11.6 Å². The number of hydrazone groups is 1. The van der Waals surface area contributed by atoms with Crippen LogP contribution in [0.4, 0.5) is 5.69 Å². The van der Waals surface area contributed by atoms with Crippen LogP contribution < -0.4 is 5.01 Å². The van der Waals surface area contributed by atoms with Crippen LogP contribution in [0.15, 0.2) is 47.6 Å². The molecular weight excluding hydrogens is 356 g/mol. The summed E-state index contributed by atoms with van der Waals surface area (Å²) in [6, 6.07) is 12.7. The number of carbonyl (C=O) groups excluding carboxylic acids is 3. The number of hydrogen-bond donors (Lipinski definition) is 0. The second kappa shape index (κ2) is 8.17. The summed E-state index contributed by atoms with van der Waals surface area (Å²) in [7, 11) is 0. The largest absolute Gasteiger partial charge is 0.453 e. The van der Waals surface area contributed by atoms with Crippen LogP contribution >= 0.6 is 0 Å². The Balaban J connectivity index is 1.71. The van der Waals surface area contributed by atoms with E-state index in [1.54, 1.807) is 24.3 Å². The number of ketones is 1. The summed E-state index contributed by atoms with van der Waals surface area (Å²) in [6.45, 7) is 5.34. The molecule has 1 aliphatic heterocycles. The number of Topliss-reactive ketones (excluding diaryl/α,β-unsaturated/α-hetero) is 1. The van der Waals surface area contributed by atoms with Gasteiger partial charge < -0.3 is 4.74 Å². The zero-order valence-corrected chi connectivity index (χ0v) is 16.2. The molecule has 0 fully saturated rings. The number of anilines is 1. The molecule has 0 aliphatic carbocycles. The molecule has 0 unspecified atom stereocenters. The Bertz CT molecular complexity index is 941. The number of benzene rings is 2. The molecular formula is C22H22N2O4. The van der Waals surface area contributed by atoms with Crippen molar-refractivity contribution in [2.45, 2.75) is 33.6 Å². The molecule has 0 saturated heterocycles. The van der Waals surface area contributed by atoms with Crippen LogP contribution in [0.2, 0.25) is 0 Å². The Hall–Kier alpha value is -3.28. The highest BCUT2D eigenvalue weighted by molar-refractivity contribution is 6.38. The van der Waals surface area contributed by atoms with Crippen LogP contribution in [0.25, 0.3) is 0 Å². The third-order valence-electron chi connectivity index (χ3n) is 4.56. The molecule has 6 heteroatoms. The number of amides is 1. The van der Waals surface area contributed by atoms with E-state index in [-0.39, 0.29) is 36.9 Å². The molecule has 0 aromatic heterocycles. The predicted molar refractivity (Wildman–Crippen MR) is 107 cm³/mol. The molecule has 0 spiro atoms. The first-order valence-electron chi connectivity index (χ1n) is 9.10. The van der Waals surface area contributed by atoms with E-state index in [1.807, 2.05) is 39.0 Å². The molecule has 1 amide bonds. The Morgan fingerprint density at radius 3 is 2.32 bits per heavy atom. The number of hydrogen-bond acceptors (Lipinski definition) is 5. The SMILES string of the molecule is Cc1cc(C)c(C(=O)COC(=O)C2=NN(c3ccccc3)C(=O)CC2)c(C)c1. The highest BCUT2D eigenvalue weighted by atomic mass is 16.5. The Morgan fingerprint density at radius 1 is 1.04 bits per heavy atom. The first kappa shape index (κ1) is 19.5. The quantitative estimate of drug-likeness (QED) is 0.589. The first-order chi connectivity index (χ1) is 13.4. The lowest BCUT2D eigenvalue weighted by atomic mass is 9.97. The molecule has 0 saturated carbocycles. The maximum atomic E-state index is 12.5. The fourth-order valence-corrected chi connectivity index (χ4v) is 3.38. The molecule has 144 valence electrons. The van der Waals surface area contributed by atoms with Crippen molar-refractivity contribution >= 4 is 29.1 Å². The highest BCUT2D eigenvalue weighted by Gasteiger charge is 2.27. The van der Waals surface area contributed by atoms with Crippen LogP contribution in [0.3, 0.4) is 0 Å². The van der Waals surface area contributed by atoms with E-state index in [0.717, 1.165) is 16.7 Å². The molecule has 0 atom stereocenters. The predicted octanol–water partition coefficient (Wildman–Crippen LogP) is 3.52. The fraction of sp³-hybridized carbons (Fsp3) is 0.273. The second-order valence-electron chi connectivity index (χ2n) is 6.86. The van der Waals surface area contributed by atoms with Gasteiger partial charge >= 0.3 is 5.97 Å². The van der Waals surface area contributed by atoms with E-state index in [4.69, 9.17) is 4.74 Å². The van der Waals surface area contributed by atoms with Gasteiger partial charge in [0.15, 0.2) is 6.61 Å². The third kappa shape index (κ3) is 4.17. The third-order valence-corrected chi connectivity index (χ3v) is 4.56. The van der Waals surface area contributed by atoms with Gasteiger partial charge in [-0.05, 0) is 44.0 Å². The standard InChI is InChI=1S/C22H22N2O4/c1-14-11-15(2)21(16(3)12-14)19(25)13-28-22(27)18-9-10-20(26)24(23-18)17-7-5-4-6-8-17/h4-8,11-12H,9-10,13H2,1-3H3. The number of aryl methyl sites for hydroxylation is 3. The van der Waals surface area contributed by atoms with Crippen LogP contribution in [0.5, 0.6) is 0 Å². The lowest BCUT2D eigenvalue weighted by Crippen LogP contribution is -2.35. The number of carbonyl (C=O) groups is 3. The smallest absolute Gasteiger partial charge is 0.354 e.